The number of amides is 2. The largest absolute Gasteiger partial charge is 0.435 e. The van der Waals surface area contributed by atoms with E-state index in [9.17, 15) is 18.4 Å². The number of likely N-dealkylation sites (tertiary alicyclic amines) is 2. The van der Waals surface area contributed by atoms with Gasteiger partial charge in [-0.3, -0.25) is 9.59 Å². The van der Waals surface area contributed by atoms with Gasteiger partial charge in [-0.15, -0.1) is 0 Å². The zero-order chi connectivity index (χ0) is 22.9. The normalized spacial score (nSPS) is 20.0. The van der Waals surface area contributed by atoms with Crippen molar-refractivity contribution in [1.29, 1.82) is 0 Å². The molecule has 8 nitrogen and oxygen atoms in total. The summed E-state index contributed by atoms with van der Waals surface area (Å²) in [5.41, 5.74) is 2.86. The molecule has 172 valence electrons. The van der Waals surface area contributed by atoms with Gasteiger partial charge >= 0.3 is 6.61 Å². The van der Waals surface area contributed by atoms with E-state index in [0.717, 1.165) is 11.1 Å². The second kappa shape index (κ2) is 8.76. The molecule has 3 aromatic rings. The topological polar surface area (TPSA) is 91.4 Å². The van der Waals surface area contributed by atoms with E-state index in [0.29, 0.717) is 50.1 Å². The number of rotatable bonds is 6. The maximum atomic E-state index is 12.9. The highest BCUT2D eigenvalue weighted by atomic mass is 19.3. The summed E-state index contributed by atoms with van der Waals surface area (Å²) >= 11 is 0. The fraction of sp³-hybridized carbons (Fsp3) is 0.391. The molecule has 2 atom stereocenters. The number of ether oxygens (including phenoxy) is 1. The number of nitrogens with zero attached hydrogens (tertiary/aromatic N) is 4. The Morgan fingerprint density at radius 3 is 2.33 bits per heavy atom. The number of hydrogen-bond acceptors (Lipinski definition) is 5. The first kappa shape index (κ1) is 21.3. The summed E-state index contributed by atoms with van der Waals surface area (Å²) in [6.07, 6.45) is 0.892. The minimum absolute atomic E-state index is 0.0218. The molecule has 2 aromatic carbocycles. The van der Waals surface area contributed by atoms with Crippen molar-refractivity contribution in [3.63, 3.8) is 0 Å². The summed E-state index contributed by atoms with van der Waals surface area (Å²) in [5, 5.41) is 10.6. The lowest BCUT2D eigenvalue weighted by Gasteiger charge is -2.22. The van der Waals surface area contributed by atoms with Crippen LogP contribution >= 0.6 is 0 Å². The number of aromatic amines is 1. The maximum absolute atomic E-state index is 12.9. The van der Waals surface area contributed by atoms with Crippen molar-refractivity contribution < 1.29 is 23.1 Å². The van der Waals surface area contributed by atoms with Crippen molar-refractivity contribution in [2.45, 2.75) is 19.5 Å². The molecule has 2 aliphatic heterocycles. The van der Waals surface area contributed by atoms with E-state index in [1.54, 1.807) is 30.3 Å². The first-order valence-electron chi connectivity index (χ1n) is 10.9. The summed E-state index contributed by atoms with van der Waals surface area (Å²) < 4.78 is 28.8. The van der Waals surface area contributed by atoms with Gasteiger partial charge in [-0.1, -0.05) is 12.1 Å². The summed E-state index contributed by atoms with van der Waals surface area (Å²) in [7, 11) is 0. The third-order valence-electron chi connectivity index (χ3n) is 6.47. The molecular formula is C23H23F2N5O3. The smallest absolute Gasteiger partial charge is 0.387 e. The van der Waals surface area contributed by atoms with Crippen LogP contribution in [0.4, 0.5) is 8.78 Å². The van der Waals surface area contributed by atoms with Gasteiger partial charge in [0.15, 0.2) is 0 Å². The number of aryl methyl sites for hydroxylation is 1. The summed E-state index contributed by atoms with van der Waals surface area (Å²) in [6.45, 7) is -0.283. The van der Waals surface area contributed by atoms with E-state index in [2.05, 4.69) is 20.1 Å². The molecule has 3 heterocycles. The lowest BCUT2D eigenvalue weighted by atomic mass is 10.0. The number of H-pyrrole nitrogens is 1. The monoisotopic (exact) mass is 455 g/mol. The van der Waals surface area contributed by atoms with Crippen molar-refractivity contribution >= 4 is 22.8 Å². The number of fused-ring (bicyclic) bond motifs is 2. The average Bonchev–Trinajstić information content (AvgIpc) is 3.51. The highest BCUT2D eigenvalue weighted by molar-refractivity contribution is 5.97. The van der Waals surface area contributed by atoms with Gasteiger partial charge in [0.25, 0.3) is 5.91 Å². The van der Waals surface area contributed by atoms with Gasteiger partial charge in [-0.25, -0.2) is 0 Å². The Hall–Kier alpha value is -3.56. The molecule has 2 amide bonds. The van der Waals surface area contributed by atoms with Crippen LogP contribution in [0, 0.1) is 11.8 Å². The first-order valence-corrected chi connectivity index (χ1v) is 10.9. The van der Waals surface area contributed by atoms with Crippen molar-refractivity contribution in [2.24, 2.45) is 11.8 Å². The number of hydrogen-bond donors (Lipinski definition) is 1. The number of carbonyl (C=O) groups is 2. The molecule has 33 heavy (non-hydrogen) atoms. The molecule has 1 N–H and O–H groups in total. The van der Waals surface area contributed by atoms with E-state index in [1.807, 2.05) is 9.80 Å². The molecule has 0 aliphatic carbocycles. The summed E-state index contributed by atoms with van der Waals surface area (Å²) in [5.74, 6) is 0.713. The molecule has 0 spiro atoms. The minimum atomic E-state index is -2.85. The zero-order valence-corrected chi connectivity index (χ0v) is 17.8. The fourth-order valence-corrected chi connectivity index (χ4v) is 4.77. The van der Waals surface area contributed by atoms with Crippen LogP contribution in [0.3, 0.4) is 0 Å². The predicted octanol–water partition coefficient (Wildman–Crippen LogP) is 2.72. The minimum Gasteiger partial charge on any atom is -0.435 e. The van der Waals surface area contributed by atoms with E-state index >= 15 is 0 Å². The molecule has 1 aromatic heterocycles. The molecule has 5 rings (SSSR count). The van der Waals surface area contributed by atoms with Crippen molar-refractivity contribution in [3.8, 4) is 5.75 Å². The lowest BCUT2D eigenvalue weighted by molar-refractivity contribution is -0.130. The van der Waals surface area contributed by atoms with Crippen LogP contribution < -0.4 is 4.74 Å². The van der Waals surface area contributed by atoms with Gasteiger partial charge in [0.2, 0.25) is 5.91 Å². The number of aromatic nitrogens is 3. The quantitative estimate of drug-likeness (QED) is 0.617. The molecule has 0 saturated carbocycles. The van der Waals surface area contributed by atoms with Crippen LogP contribution in [0.5, 0.6) is 5.75 Å². The van der Waals surface area contributed by atoms with Gasteiger partial charge in [0, 0.05) is 50.0 Å². The van der Waals surface area contributed by atoms with Crippen LogP contribution in [0.15, 0.2) is 42.5 Å². The highest BCUT2D eigenvalue weighted by Gasteiger charge is 2.42. The molecule has 2 saturated heterocycles. The van der Waals surface area contributed by atoms with E-state index < -0.39 is 6.61 Å². The highest BCUT2D eigenvalue weighted by Crippen LogP contribution is 2.32. The van der Waals surface area contributed by atoms with Gasteiger partial charge in [0.05, 0.1) is 0 Å². The summed E-state index contributed by atoms with van der Waals surface area (Å²) in [4.78, 5) is 29.4. The van der Waals surface area contributed by atoms with E-state index in [1.165, 1.54) is 12.1 Å². The number of nitrogens with one attached hydrogen (secondary N) is 1. The van der Waals surface area contributed by atoms with Gasteiger partial charge < -0.3 is 14.5 Å². The molecule has 2 aliphatic rings. The Morgan fingerprint density at radius 1 is 0.970 bits per heavy atom. The molecule has 0 unspecified atom stereocenters. The fourth-order valence-electron chi connectivity index (χ4n) is 4.77. The van der Waals surface area contributed by atoms with Crippen LogP contribution in [0.25, 0.3) is 11.0 Å². The molecule has 10 heteroatoms. The second-order valence-electron chi connectivity index (χ2n) is 8.58. The second-order valence-corrected chi connectivity index (χ2v) is 8.58. The third-order valence-corrected chi connectivity index (χ3v) is 6.47. The first-order chi connectivity index (χ1) is 16.0. The molecule has 0 radical (unpaired) electrons. The van der Waals surface area contributed by atoms with Crippen molar-refractivity contribution in [1.82, 2.24) is 25.2 Å². The Labute approximate surface area is 188 Å². The number of halogens is 2. The van der Waals surface area contributed by atoms with Crippen LogP contribution in [0.2, 0.25) is 0 Å². The number of carbonyl (C=O) groups excluding carboxylic acids is 2. The van der Waals surface area contributed by atoms with Crippen LogP contribution in [-0.2, 0) is 11.2 Å². The SMILES string of the molecule is O=C(CCc1ccc(OC(F)F)cc1)N1C[C@H]2CN(C(=O)c3ccc4n[nH]nc4c3)C[C@@H]2C1. The van der Waals surface area contributed by atoms with E-state index in [4.69, 9.17) is 0 Å². The molecule has 0 bridgehead atoms. The van der Waals surface area contributed by atoms with Crippen LogP contribution in [-0.4, -0.2) is 69.8 Å². The van der Waals surface area contributed by atoms with Crippen molar-refractivity contribution in [3.05, 3.63) is 53.6 Å². The van der Waals surface area contributed by atoms with E-state index in [-0.39, 0.29) is 29.4 Å². The molecule has 2 fully saturated rings. The Morgan fingerprint density at radius 2 is 1.64 bits per heavy atom. The summed E-state index contributed by atoms with van der Waals surface area (Å²) in [6, 6.07) is 11.7. The van der Waals surface area contributed by atoms with Gasteiger partial charge in [0.1, 0.15) is 16.8 Å². The third kappa shape index (κ3) is 4.50. The Balaban J connectivity index is 1.12. The van der Waals surface area contributed by atoms with Crippen molar-refractivity contribution in [2.75, 3.05) is 26.2 Å². The predicted molar refractivity (Wildman–Crippen MR) is 115 cm³/mol. The maximum Gasteiger partial charge on any atom is 0.387 e. The Bertz CT molecular complexity index is 1150. The van der Waals surface area contributed by atoms with Gasteiger partial charge in [-0.2, -0.15) is 24.2 Å². The lowest BCUT2D eigenvalue weighted by Crippen LogP contribution is -2.35. The standard InChI is InChI=1S/C23H23F2N5O3/c24-23(25)33-18-5-1-14(2-6-18)3-8-21(31)29-10-16-12-30(13-17(16)11-29)22(32)15-4-7-19-20(9-15)27-28-26-19/h1-2,4-7,9,16-17,23H,3,8,10-13H2,(H,26,27,28)/t16-,17-/m0/s1. The van der Waals surface area contributed by atoms with Gasteiger partial charge in [-0.05, 0) is 42.3 Å². The number of benzene rings is 2. The molecular weight excluding hydrogens is 432 g/mol. The zero-order valence-electron chi connectivity index (χ0n) is 17.8. The van der Waals surface area contributed by atoms with Crippen LogP contribution in [0.1, 0.15) is 22.3 Å². The number of alkyl halides is 2. The Kier molecular flexibility index (Phi) is 5.65. The average molecular weight is 455 g/mol.